The number of anilines is 1. The van der Waals surface area contributed by atoms with Crippen LogP contribution in [0.25, 0.3) is 0 Å². The number of carbonyl (C=O) groups excluding carboxylic acids is 1. The lowest BCUT2D eigenvalue weighted by molar-refractivity contribution is -0.132. The van der Waals surface area contributed by atoms with Gasteiger partial charge in [0.05, 0.1) is 7.11 Å². The molecule has 0 bridgehead atoms. The molecule has 1 saturated heterocycles. The van der Waals surface area contributed by atoms with Crippen molar-refractivity contribution in [1.29, 1.82) is 0 Å². The number of aryl methyl sites for hydroxylation is 2. The number of aromatic nitrogens is 2. The summed E-state index contributed by atoms with van der Waals surface area (Å²) in [5.41, 5.74) is 2.22. The quantitative estimate of drug-likeness (QED) is 0.657. The van der Waals surface area contributed by atoms with E-state index in [0.717, 1.165) is 67.4 Å². The van der Waals surface area contributed by atoms with Crippen LogP contribution in [0.3, 0.4) is 0 Å². The fraction of sp³-hybridized carbons (Fsp3) is 0.577. The summed E-state index contributed by atoms with van der Waals surface area (Å²) >= 11 is 0. The summed E-state index contributed by atoms with van der Waals surface area (Å²) in [6.07, 6.45) is 9.39. The van der Waals surface area contributed by atoms with Crippen LogP contribution in [0.5, 0.6) is 5.75 Å². The van der Waals surface area contributed by atoms with Gasteiger partial charge in [0, 0.05) is 37.3 Å². The number of hydrogen-bond donors (Lipinski definition) is 1. The number of para-hydroxylation sites is 1. The molecule has 2 aliphatic rings. The predicted molar refractivity (Wildman–Crippen MR) is 127 cm³/mol. The van der Waals surface area contributed by atoms with Crippen molar-refractivity contribution in [3.05, 3.63) is 47.4 Å². The highest BCUT2D eigenvalue weighted by molar-refractivity contribution is 5.76. The van der Waals surface area contributed by atoms with Crippen LogP contribution in [-0.2, 0) is 17.6 Å². The van der Waals surface area contributed by atoms with Gasteiger partial charge >= 0.3 is 0 Å². The molecule has 2 aromatic rings. The van der Waals surface area contributed by atoms with Crippen molar-refractivity contribution in [3.63, 3.8) is 0 Å². The number of carbonyl (C=O) groups is 1. The number of amides is 1. The summed E-state index contributed by atoms with van der Waals surface area (Å²) < 4.78 is 5.41. The van der Waals surface area contributed by atoms with Crippen molar-refractivity contribution in [1.82, 2.24) is 14.9 Å². The molecule has 1 aromatic heterocycles. The van der Waals surface area contributed by atoms with Gasteiger partial charge in [0.2, 0.25) is 5.91 Å². The van der Waals surface area contributed by atoms with Crippen molar-refractivity contribution in [3.8, 4) is 5.75 Å². The zero-order chi connectivity index (χ0) is 22.3. The molecule has 1 saturated carbocycles. The minimum Gasteiger partial charge on any atom is -0.496 e. The molecule has 6 nitrogen and oxygen atoms in total. The van der Waals surface area contributed by atoms with E-state index in [1.807, 2.05) is 36.1 Å². The van der Waals surface area contributed by atoms with E-state index >= 15 is 0 Å². The molecule has 6 heteroatoms. The molecule has 1 aliphatic heterocycles. The first-order valence-electron chi connectivity index (χ1n) is 12.1. The first-order valence-corrected chi connectivity index (χ1v) is 12.1. The number of nitrogens with one attached hydrogen (secondary N) is 1. The van der Waals surface area contributed by atoms with Gasteiger partial charge < -0.3 is 15.0 Å². The van der Waals surface area contributed by atoms with E-state index in [-0.39, 0.29) is 5.91 Å². The standard InChI is InChI=1S/C26H36N4O2/c1-19-27-23(18-25(28-19)29-22-8-4-5-9-22)17-20-13-15-30(16-14-20)26(31)12-11-21-7-3-6-10-24(21)32-2/h3,6-7,10,18,20,22H,4-5,8-9,11-17H2,1-2H3,(H,27,28,29). The maximum absolute atomic E-state index is 12.7. The molecular formula is C26H36N4O2. The number of hydrogen-bond acceptors (Lipinski definition) is 5. The van der Waals surface area contributed by atoms with E-state index in [4.69, 9.17) is 9.72 Å². The maximum Gasteiger partial charge on any atom is 0.222 e. The van der Waals surface area contributed by atoms with E-state index in [2.05, 4.69) is 16.4 Å². The monoisotopic (exact) mass is 436 g/mol. The smallest absolute Gasteiger partial charge is 0.222 e. The molecule has 0 unspecified atom stereocenters. The number of likely N-dealkylation sites (tertiary alicyclic amines) is 1. The molecule has 1 aliphatic carbocycles. The Labute approximate surface area is 191 Å². The molecule has 1 amide bonds. The molecule has 1 aromatic carbocycles. The maximum atomic E-state index is 12.7. The summed E-state index contributed by atoms with van der Waals surface area (Å²) in [6, 6.07) is 10.6. The third-order valence-corrected chi connectivity index (χ3v) is 6.86. The van der Waals surface area contributed by atoms with Crippen molar-refractivity contribution in [2.75, 3.05) is 25.5 Å². The topological polar surface area (TPSA) is 67.3 Å². The van der Waals surface area contributed by atoms with Gasteiger partial charge in [-0.2, -0.15) is 0 Å². The minimum absolute atomic E-state index is 0.246. The molecule has 0 radical (unpaired) electrons. The zero-order valence-electron chi connectivity index (χ0n) is 19.5. The normalized spacial score (nSPS) is 17.5. The van der Waals surface area contributed by atoms with Gasteiger partial charge in [-0.25, -0.2) is 9.97 Å². The van der Waals surface area contributed by atoms with Gasteiger partial charge in [0.25, 0.3) is 0 Å². The van der Waals surface area contributed by atoms with E-state index < -0.39 is 0 Å². The van der Waals surface area contributed by atoms with Crippen LogP contribution in [0.15, 0.2) is 30.3 Å². The summed E-state index contributed by atoms with van der Waals surface area (Å²) in [6.45, 7) is 3.66. The van der Waals surface area contributed by atoms with Crippen molar-refractivity contribution in [2.24, 2.45) is 5.92 Å². The van der Waals surface area contributed by atoms with Crippen molar-refractivity contribution in [2.45, 2.75) is 70.8 Å². The second-order valence-electron chi connectivity index (χ2n) is 9.26. The second-order valence-corrected chi connectivity index (χ2v) is 9.26. The Kier molecular flexibility index (Phi) is 7.61. The Bertz CT molecular complexity index is 902. The van der Waals surface area contributed by atoms with Gasteiger partial charge in [0.1, 0.15) is 17.4 Å². The van der Waals surface area contributed by atoms with Crippen LogP contribution < -0.4 is 10.1 Å². The molecule has 1 N–H and O–H groups in total. The average Bonchev–Trinajstić information content (AvgIpc) is 3.30. The average molecular weight is 437 g/mol. The largest absolute Gasteiger partial charge is 0.496 e. The second kappa shape index (κ2) is 10.8. The van der Waals surface area contributed by atoms with Gasteiger partial charge in [0.15, 0.2) is 0 Å². The van der Waals surface area contributed by atoms with Gasteiger partial charge in [-0.15, -0.1) is 0 Å². The summed E-state index contributed by atoms with van der Waals surface area (Å²) in [4.78, 5) is 24.1. The molecule has 4 rings (SSSR count). The lowest BCUT2D eigenvalue weighted by atomic mass is 9.91. The van der Waals surface area contributed by atoms with Gasteiger partial charge in [-0.3, -0.25) is 4.79 Å². The van der Waals surface area contributed by atoms with Crippen molar-refractivity contribution >= 4 is 11.7 Å². The first kappa shape index (κ1) is 22.6. The summed E-state index contributed by atoms with van der Waals surface area (Å²) in [7, 11) is 1.68. The van der Waals surface area contributed by atoms with Crippen LogP contribution in [0, 0.1) is 12.8 Å². The van der Waals surface area contributed by atoms with Crippen LogP contribution in [0.1, 0.15) is 62.0 Å². The summed E-state index contributed by atoms with van der Waals surface area (Å²) in [5, 5.41) is 3.60. The van der Waals surface area contributed by atoms with Crippen LogP contribution in [0.2, 0.25) is 0 Å². The summed E-state index contributed by atoms with van der Waals surface area (Å²) in [5.74, 6) is 3.49. The highest BCUT2D eigenvalue weighted by Crippen LogP contribution is 2.25. The fourth-order valence-corrected chi connectivity index (χ4v) is 5.08. The SMILES string of the molecule is COc1ccccc1CCC(=O)N1CCC(Cc2cc(NC3CCCC3)nc(C)n2)CC1. The van der Waals surface area contributed by atoms with Crippen LogP contribution >= 0.6 is 0 Å². The first-order chi connectivity index (χ1) is 15.6. The highest BCUT2D eigenvalue weighted by atomic mass is 16.5. The Hall–Kier alpha value is -2.63. The van der Waals surface area contributed by atoms with E-state index in [9.17, 15) is 4.79 Å². The van der Waals surface area contributed by atoms with Crippen LogP contribution in [-0.4, -0.2) is 47.0 Å². The minimum atomic E-state index is 0.246. The molecule has 0 atom stereocenters. The van der Waals surface area contributed by atoms with Gasteiger partial charge in [-0.1, -0.05) is 31.0 Å². The van der Waals surface area contributed by atoms with E-state index in [0.29, 0.717) is 18.4 Å². The van der Waals surface area contributed by atoms with Crippen LogP contribution in [0.4, 0.5) is 5.82 Å². The predicted octanol–water partition coefficient (Wildman–Crippen LogP) is 4.56. The van der Waals surface area contributed by atoms with E-state index in [1.54, 1.807) is 7.11 Å². The zero-order valence-corrected chi connectivity index (χ0v) is 19.5. The molecular weight excluding hydrogens is 400 g/mol. The van der Waals surface area contributed by atoms with E-state index in [1.165, 1.54) is 25.7 Å². The number of benzene rings is 1. The third kappa shape index (κ3) is 5.99. The molecule has 0 spiro atoms. The Morgan fingerprint density at radius 3 is 2.62 bits per heavy atom. The third-order valence-electron chi connectivity index (χ3n) is 6.86. The number of piperidine rings is 1. The van der Waals surface area contributed by atoms with Gasteiger partial charge in [-0.05, 0) is 63.0 Å². The fourth-order valence-electron chi connectivity index (χ4n) is 5.08. The van der Waals surface area contributed by atoms with Crippen molar-refractivity contribution < 1.29 is 9.53 Å². The number of methoxy groups -OCH3 is 1. The lowest BCUT2D eigenvalue weighted by Crippen LogP contribution is -2.39. The molecule has 32 heavy (non-hydrogen) atoms. The highest BCUT2D eigenvalue weighted by Gasteiger charge is 2.24. The Balaban J connectivity index is 1.25. The Morgan fingerprint density at radius 2 is 1.88 bits per heavy atom. The molecule has 2 heterocycles. The number of ether oxygens (including phenoxy) is 1. The lowest BCUT2D eigenvalue weighted by Gasteiger charge is -2.32. The molecule has 172 valence electrons. The number of rotatable bonds is 8. The molecule has 2 fully saturated rings. The Morgan fingerprint density at radius 1 is 1.12 bits per heavy atom. The number of nitrogens with zero attached hydrogens (tertiary/aromatic N) is 3.